The van der Waals surface area contributed by atoms with Crippen LogP contribution in [0.1, 0.15) is 32.3 Å². The van der Waals surface area contributed by atoms with Crippen molar-refractivity contribution >= 4 is 29.9 Å². The zero-order valence-electron chi connectivity index (χ0n) is 14.8. The normalized spacial score (nSPS) is 16.2. The molecular weight excluding hydrogens is 399 g/mol. The van der Waals surface area contributed by atoms with Crippen LogP contribution in [0, 0.1) is 0 Å². The number of aliphatic imine (C=N–C) groups is 1. The van der Waals surface area contributed by atoms with E-state index in [1.54, 1.807) is 0 Å². The van der Waals surface area contributed by atoms with E-state index in [1.807, 2.05) is 7.05 Å². The van der Waals surface area contributed by atoms with Gasteiger partial charge in [0.1, 0.15) is 0 Å². The van der Waals surface area contributed by atoms with Crippen LogP contribution >= 0.6 is 24.0 Å². The van der Waals surface area contributed by atoms with Crippen LogP contribution in [0.2, 0.25) is 0 Å². The van der Waals surface area contributed by atoms with Crippen LogP contribution < -0.4 is 10.6 Å². The van der Waals surface area contributed by atoms with E-state index in [9.17, 15) is 0 Å². The molecule has 0 amide bonds. The second kappa shape index (κ2) is 9.47. The van der Waals surface area contributed by atoms with Gasteiger partial charge in [0, 0.05) is 38.1 Å². The van der Waals surface area contributed by atoms with Crippen molar-refractivity contribution in [2.75, 3.05) is 33.7 Å². The monoisotopic (exact) mass is 430 g/mol. The number of benzene rings is 1. The molecule has 1 aromatic rings. The summed E-state index contributed by atoms with van der Waals surface area (Å²) in [5.74, 6) is 0.902. The standard InChI is InChI=1S/C18H30N4.HI/c1-15(2)22(4)13-12-20-17(19-3)21-14-18(10-11-18)16-8-6-5-7-9-16;/h5-9,15H,10-14H2,1-4H3,(H2,19,20,21);1H. The maximum atomic E-state index is 4.33. The van der Waals surface area contributed by atoms with Crippen LogP contribution in [-0.4, -0.2) is 50.6 Å². The Balaban J connectivity index is 0.00000264. The lowest BCUT2D eigenvalue weighted by molar-refractivity contribution is 0.278. The molecule has 130 valence electrons. The summed E-state index contributed by atoms with van der Waals surface area (Å²) in [7, 11) is 3.99. The molecule has 1 fully saturated rings. The van der Waals surface area contributed by atoms with Crippen LogP contribution in [0.15, 0.2) is 35.3 Å². The predicted octanol–water partition coefficient (Wildman–Crippen LogP) is 2.84. The molecule has 2 rings (SSSR count). The predicted molar refractivity (Wildman–Crippen MR) is 110 cm³/mol. The Morgan fingerprint density at radius 3 is 2.39 bits per heavy atom. The van der Waals surface area contributed by atoms with Crippen LogP contribution in [0.25, 0.3) is 0 Å². The van der Waals surface area contributed by atoms with Crippen molar-refractivity contribution in [2.24, 2.45) is 4.99 Å². The van der Waals surface area contributed by atoms with Crippen molar-refractivity contribution in [2.45, 2.75) is 38.1 Å². The molecule has 2 N–H and O–H groups in total. The van der Waals surface area contributed by atoms with Crippen LogP contribution in [0.3, 0.4) is 0 Å². The molecular formula is C18H31IN4. The van der Waals surface area contributed by atoms with Crippen molar-refractivity contribution in [3.05, 3.63) is 35.9 Å². The minimum Gasteiger partial charge on any atom is -0.356 e. The highest BCUT2D eigenvalue weighted by Crippen LogP contribution is 2.47. The van der Waals surface area contributed by atoms with Gasteiger partial charge in [0.25, 0.3) is 0 Å². The van der Waals surface area contributed by atoms with Gasteiger partial charge in [0.2, 0.25) is 0 Å². The quantitative estimate of drug-likeness (QED) is 0.397. The fourth-order valence-electron chi connectivity index (χ4n) is 2.59. The number of likely N-dealkylation sites (N-methyl/N-ethyl adjacent to an activating group) is 1. The van der Waals surface area contributed by atoms with Gasteiger partial charge in [-0.15, -0.1) is 24.0 Å². The summed E-state index contributed by atoms with van der Waals surface area (Å²) in [6.45, 7) is 7.30. The van der Waals surface area contributed by atoms with E-state index in [0.717, 1.165) is 25.6 Å². The van der Waals surface area contributed by atoms with Gasteiger partial charge in [-0.05, 0) is 39.3 Å². The van der Waals surface area contributed by atoms with E-state index in [2.05, 4.69) is 71.8 Å². The fraction of sp³-hybridized carbons (Fsp3) is 0.611. The lowest BCUT2D eigenvalue weighted by atomic mass is 9.96. The summed E-state index contributed by atoms with van der Waals surface area (Å²) in [5, 5.41) is 6.90. The number of hydrogen-bond acceptors (Lipinski definition) is 2. The van der Waals surface area contributed by atoms with Crippen LogP contribution in [0.5, 0.6) is 0 Å². The molecule has 1 saturated carbocycles. The van der Waals surface area contributed by atoms with E-state index in [1.165, 1.54) is 18.4 Å². The molecule has 0 saturated heterocycles. The summed E-state index contributed by atoms with van der Waals surface area (Å²) in [6.07, 6.45) is 2.52. The minimum atomic E-state index is 0. The third kappa shape index (κ3) is 5.95. The first-order valence-electron chi connectivity index (χ1n) is 8.28. The highest BCUT2D eigenvalue weighted by Gasteiger charge is 2.43. The lowest BCUT2D eigenvalue weighted by Gasteiger charge is -2.22. The number of hydrogen-bond donors (Lipinski definition) is 2. The Labute approximate surface area is 158 Å². The first kappa shape index (κ1) is 20.2. The molecule has 0 atom stereocenters. The highest BCUT2D eigenvalue weighted by atomic mass is 127. The molecule has 23 heavy (non-hydrogen) atoms. The van der Waals surface area contributed by atoms with Crippen molar-refractivity contribution in [1.82, 2.24) is 15.5 Å². The highest BCUT2D eigenvalue weighted by molar-refractivity contribution is 14.0. The molecule has 0 radical (unpaired) electrons. The van der Waals surface area contributed by atoms with E-state index in [4.69, 9.17) is 0 Å². The molecule has 1 aliphatic carbocycles. The van der Waals surface area contributed by atoms with E-state index in [0.29, 0.717) is 11.5 Å². The Hall–Kier alpha value is -0.820. The zero-order chi connectivity index (χ0) is 16.0. The number of rotatable bonds is 7. The molecule has 4 nitrogen and oxygen atoms in total. The molecule has 1 aromatic carbocycles. The Morgan fingerprint density at radius 1 is 1.22 bits per heavy atom. The first-order chi connectivity index (χ1) is 10.6. The van der Waals surface area contributed by atoms with Crippen LogP contribution in [0.4, 0.5) is 0 Å². The molecule has 5 heteroatoms. The van der Waals surface area contributed by atoms with Gasteiger partial charge in [-0.2, -0.15) is 0 Å². The van der Waals surface area contributed by atoms with Gasteiger partial charge in [0.05, 0.1) is 0 Å². The van der Waals surface area contributed by atoms with Crippen molar-refractivity contribution in [1.29, 1.82) is 0 Å². The van der Waals surface area contributed by atoms with Crippen LogP contribution in [-0.2, 0) is 5.41 Å². The molecule has 0 aliphatic heterocycles. The van der Waals surface area contributed by atoms with Crippen molar-refractivity contribution in [3.63, 3.8) is 0 Å². The van der Waals surface area contributed by atoms with Gasteiger partial charge < -0.3 is 15.5 Å². The summed E-state index contributed by atoms with van der Waals surface area (Å²) < 4.78 is 0. The third-order valence-corrected chi connectivity index (χ3v) is 4.70. The first-order valence-corrected chi connectivity index (χ1v) is 8.28. The number of guanidine groups is 1. The lowest BCUT2D eigenvalue weighted by Crippen LogP contribution is -2.44. The number of nitrogens with one attached hydrogen (secondary N) is 2. The Kier molecular flexibility index (Phi) is 8.33. The Morgan fingerprint density at radius 2 is 1.87 bits per heavy atom. The number of nitrogens with zero attached hydrogens (tertiary/aromatic N) is 2. The third-order valence-electron chi connectivity index (χ3n) is 4.70. The van der Waals surface area contributed by atoms with E-state index < -0.39 is 0 Å². The summed E-state index contributed by atoms with van der Waals surface area (Å²) in [5.41, 5.74) is 1.76. The summed E-state index contributed by atoms with van der Waals surface area (Å²) in [4.78, 5) is 6.66. The largest absolute Gasteiger partial charge is 0.356 e. The maximum absolute atomic E-state index is 4.33. The average Bonchev–Trinajstić information content (AvgIpc) is 3.32. The van der Waals surface area contributed by atoms with Crippen molar-refractivity contribution < 1.29 is 0 Å². The number of halogens is 1. The van der Waals surface area contributed by atoms with Gasteiger partial charge in [-0.1, -0.05) is 30.3 Å². The van der Waals surface area contributed by atoms with E-state index in [-0.39, 0.29) is 24.0 Å². The maximum Gasteiger partial charge on any atom is 0.191 e. The second-order valence-electron chi connectivity index (χ2n) is 6.57. The molecule has 0 heterocycles. The molecule has 0 bridgehead atoms. The SMILES string of the molecule is CN=C(NCCN(C)C(C)C)NCC1(c2ccccc2)CC1.I. The minimum absolute atomic E-state index is 0. The fourth-order valence-corrected chi connectivity index (χ4v) is 2.59. The second-order valence-corrected chi connectivity index (χ2v) is 6.57. The topological polar surface area (TPSA) is 39.7 Å². The molecule has 0 spiro atoms. The molecule has 0 aromatic heterocycles. The van der Waals surface area contributed by atoms with Gasteiger partial charge in [0.15, 0.2) is 5.96 Å². The summed E-state index contributed by atoms with van der Waals surface area (Å²) >= 11 is 0. The smallest absolute Gasteiger partial charge is 0.191 e. The van der Waals surface area contributed by atoms with Gasteiger partial charge in [-0.25, -0.2) is 0 Å². The Bertz CT molecular complexity index is 483. The molecule has 0 unspecified atom stereocenters. The zero-order valence-corrected chi connectivity index (χ0v) is 17.1. The van der Waals surface area contributed by atoms with Crippen molar-refractivity contribution in [3.8, 4) is 0 Å². The van der Waals surface area contributed by atoms with Gasteiger partial charge >= 0.3 is 0 Å². The van der Waals surface area contributed by atoms with E-state index >= 15 is 0 Å². The molecule has 1 aliphatic rings. The van der Waals surface area contributed by atoms with Gasteiger partial charge in [-0.3, -0.25) is 4.99 Å². The summed E-state index contributed by atoms with van der Waals surface area (Å²) in [6, 6.07) is 11.4. The average molecular weight is 430 g/mol.